The molecule has 0 radical (unpaired) electrons. The molecule has 7 heteroatoms. The lowest BCUT2D eigenvalue weighted by Gasteiger charge is -2.26. The Kier molecular flexibility index (Phi) is 4.13. The lowest BCUT2D eigenvalue weighted by atomic mass is 9.97. The molecule has 0 aromatic carbocycles. The van der Waals surface area contributed by atoms with Gasteiger partial charge < -0.3 is 15.5 Å². The van der Waals surface area contributed by atoms with Crippen molar-refractivity contribution in [2.45, 2.75) is 32.3 Å². The zero-order chi connectivity index (χ0) is 15.6. The van der Waals surface area contributed by atoms with Crippen molar-refractivity contribution in [3.63, 3.8) is 0 Å². The summed E-state index contributed by atoms with van der Waals surface area (Å²) in [6.45, 7) is 4.07. The quantitative estimate of drug-likeness (QED) is 0.748. The molecule has 0 saturated heterocycles. The molecule has 0 spiro atoms. The van der Waals surface area contributed by atoms with Crippen LogP contribution in [-0.4, -0.2) is 43.1 Å². The van der Waals surface area contributed by atoms with Gasteiger partial charge in [-0.05, 0) is 12.8 Å². The number of aromatic carboxylic acids is 1. The number of pyridine rings is 1. The Morgan fingerprint density at radius 3 is 2.62 bits per heavy atom. The molecule has 0 aliphatic heterocycles. The molecule has 0 bridgehead atoms. The number of fused-ring (bicyclic) bond motifs is 1. The van der Waals surface area contributed by atoms with Crippen molar-refractivity contribution in [3.05, 3.63) is 18.0 Å². The van der Waals surface area contributed by atoms with Gasteiger partial charge in [-0.15, -0.1) is 0 Å². The van der Waals surface area contributed by atoms with Crippen molar-refractivity contribution in [2.24, 2.45) is 7.05 Å². The summed E-state index contributed by atoms with van der Waals surface area (Å²) in [5.41, 5.74) is 0.248. The molecule has 2 heterocycles. The van der Waals surface area contributed by atoms with E-state index >= 15 is 0 Å². The molecular formula is C14H20N4O3. The van der Waals surface area contributed by atoms with E-state index < -0.39 is 11.6 Å². The van der Waals surface area contributed by atoms with Gasteiger partial charge in [0, 0.05) is 19.8 Å². The largest absolute Gasteiger partial charge is 0.478 e. The molecule has 0 aliphatic rings. The number of carboxylic acid groups (broad SMARTS) is 1. The van der Waals surface area contributed by atoms with Crippen LogP contribution in [0.25, 0.3) is 11.0 Å². The molecule has 114 valence electrons. The highest BCUT2D eigenvalue weighted by molar-refractivity contribution is 6.03. The smallest absolute Gasteiger partial charge is 0.339 e. The van der Waals surface area contributed by atoms with Crippen LogP contribution in [-0.2, 0) is 7.05 Å². The van der Waals surface area contributed by atoms with Crippen LogP contribution in [0, 0.1) is 0 Å². The van der Waals surface area contributed by atoms with Crippen LogP contribution >= 0.6 is 0 Å². The number of aryl methyl sites for hydroxylation is 1. The van der Waals surface area contributed by atoms with Gasteiger partial charge in [0.05, 0.1) is 22.9 Å². The molecule has 0 atom stereocenters. The van der Waals surface area contributed by atoms with E-state index in [0.717, 1.165) is 0 Å². The van der Waals surface area contributed by atoms with Gasteiger partial charge in [0.15, 0.2) is 5.65 Å². The number of anilines is 1. The fourth-order valence-electron chi connectivity index (χ4n) is 2.20. The summed E-state index contributed by atoms with van der Waals surface area (Å²) in [5.74, 6) is -1.06. The third-order valence-corrected chi connectivity index (χ3v) is 3.90. The first-order chi connectivity index (χ1) is 9.91. The number of carbonyl (C=O) groups is 1. The Hall–Kier alpha value is -2.15. The lowest BCUT2D eigenvalue weighted by molar-refractivity contribution is 0.0456. The van der Waals surface area contributed by atoms with Gasteiger partial charge in [0.25, 0.3) is 0 Å². The first-order valence-corrected chi connectivity index (χ1v) is 6.92. The second kappa shape index (κ2) is 5.69. The highest BCUT2D eigenvalue weighted by atomic mass is 16.4. The third kappa shape index (κ3) is 2.82. The minimum absolute atomic E-state index is 0.0741. The maximum atomic E-state index is 11.4. The fourth-order valence-corrected chi connectivity index (χ4v) is 2.20. The number of carboxylic acids is 1. The highest BCUT2D eigenvalue weighted by Crippen LogP contribution is 2.27. The maximum Gasteiger partial charge on any atom is 0.339 e. The summed E-state index contributed by atoms with van der Waals surface area (Å²) in [6, 6.07) is 0. The van der Waals surface area contributed by atoms with E-state index in [1.165, 1.54) is 6.20 Å². The molecule has 3 N–H and O–H groups in total. The van der Waals surface area contributed by atoms with E-state index in [1.54, 1.807) is 17.9 Å². The summed E-state index contributed by atoms with van der Waals surface area (Å²) < 4.78 is 1.58. The molecule has 0 amide bonds. The van der Waals surface area contributed by atoms with Gasteiger partial charge in [0.1, 0.15) is 5.56 Å². The number of nitrogens with zero attached hydrogens (tertiary/aromatic N) is 3. The van der Waals surface area contributed by atoms with E-state index in [0.29, 0.717) is 29.6 Å². The predicted octanol–water partition coefficient (Wildman–Crippen LogP) is 1.63. The highest BCUT2D eigenvalue weighted by Gasteiger charge is 2.24. The van der Waals surface area contributed by atoms with Gasteiger partial charge in [-0.3, -0.25) is 4.68 Å². The summed E-state index contributed by atoms with van der Waals surface area (Å²) in [4.78, 5) is 15.5. The zero-order valence-corrected chi connectivity index (χ0v) is 12.4. The molecule has 7 nitrogen and oxygen atoms in total. The maximum absolute atomic E-state index is 11.4. The summed E-state index contributed by atoms with van der Waals surface area (Å²) >= 11 is 0. The second-order valence-corrected chi connectivity index (χ2v) is 5.14. The first kappa shape index (κ1) is 15.2. The Morgan fingerprint density at radius 1 is 1.38 bits per heavy atom. The molecule has 0 saturated carbocycles. The van der Waals surface area contributed by atoms with Crippen LogP contribution in [0.2, 0.25) is 0 Å². The Labute approximate surface area is 122 Å². The molecule has 0 aliphatic carbocycles. The number of nitrogens with one attached hydrogen (secondary N) is 1. The number of rotatable bonds is 6. The molecule has 2 rings (SSSR count). The minimum Gasteiger partial charge on any atom is -0.478 e. The SMILES string of the molecule is CCC(O)(CC)CNc1c(C(=O)O)cnc2c1cnn2C. The monoisotopic (exact) mass is 292 g/mol. The summed E-state index contributed by atoms with van der Waals surface area (Å²) in [6.07, 6.45) is 4.06. The van der Waals surface area contributed by atoms with Crippen LogP contribution in [0.15, 0.2) is 12.4 Å². The molecule has 2 aromatic rings. The second-order valence-electron chi connectivity index (χ2n) is 5.14. The molecule has 0 fully saturated rings. The third-order valence-electron chi connectivity index (χ3n) is 3.90. The number of hydrogen-bond donors (Lipinski definition) is 3. The normalized spacial score (nSPS) is 11.8. The number of hydrogen-bond acceptors (Lipinski definition) is 5. The van der Waals surface area contributed by atoms with Crippen molar-refractivity contribution >= 4 is 22.7 Å². The average molecular weight is 292 g/mol. The van der Waals surface area contributed by atoms with Gasteiger partial charge in [0.2, 0.25) is 0 Å². The van der Waals surface area contributed by atoms with Crippen LogP contribution in [0.5, 0.6) is 0 Å². The van der Waals surface area contributed by atoms with Crippen LogP contribution in [0.3, 0.4) is 0 Å². The number of aromatic nitrogens is 3. The zero-order valence-electron chi connectivity index (χ0n) is 12.4. The van der Waals surface area contributed by atoms with Crippen LogP contribution < -0.4 is 5.32 Å². The van der Waals surface area contributed by atoms with E-state index in [2.05, 4.69) is 15.4 Å². The first-order valence-electron chi connectivity index (χ1n) is 6.92. The van der Waals surface area contributed by atoms with Crippen molar-refractivity contribution < 1.29 is 15.0 Å². The van der Waals surface area contributed by atoms with Crippen molar-refractivity contribution in [2.75, 3.05) is 11.9 Å². The minimum atomic E-state index is -1.06. The van der Waals surface area contributed by atoms with Crippen molar-refractivity contribution in [1.82, 2.24) is 14.8 Å². The molecule has 0 unspecified atom stereocenters. The summed E-state index contributed by atoms with van der Waals surface area (Å²) in [5, 5.41) is 27.5. The topological polar surface area (TPSA) is 100 Å². The van der Waals surface area contributed by atoms with E-state index in [9.17, 15) is 15.0 Å². The van der Waals surface area contributed by atoms with E-state index in [1.807, 2.05) is 13.8 Å². The van der Waals surface area contributed by atoms with Crippen LogP contribution in [0.4, 0.5) is 5.69 Å². The standard InChI is InChI=1S/C14H20N4O3/c1-4-14(21,5-2)8-16-11-9-7-17-18(3)12(9)15-6-10(11)13(19)20/h6-7,21H,4-5,8H2,1-3H3,(H,15,16)(H,19,20). The van der Waals surface area contributed by atoms with Gasteiger partial charge in [-0.1, -0.05) is 13.8 Å². The average Bonchev–Trinajstić information content (AvgIpc) is 2.86. The number of aliphatic hydroxyl groups is 1. The fraction of sp³-hybridized carbons (Fsp3) is 0.500. The van der Waals surface area contributed by atoms with Crippen molar-refractivity contribution in [1.29, 1.82) is 0 Å². The van der Waals surface area contributed by atoms with Gasteiger partial charge in [-0.2, -0.15) is 5.10 Å². The predicted molar refractivity (Wildman–Crippen MR) is 79.5 cm³/mol. The lowest BCUT2D eigenvalue weighted by Crippen LogP contribution is -2.35. The Bertz CT molecular complexity index is 662. The molecular weight excluding hydrogens is 272 g/mol. The molecule has 21 heavy (non-hydrogen) atoms. The molecule has 2 aromatic heterocycles. The van der Waals surface area contributed by atoms with E-state index in [-0.39, 0.29) is 12.1 Å². The van der Waals surface area contributed by atoms with Gasteiger partial charge in [-0.25, -0.2) is 9.78 Å². The van der Waals surface area contributed by atoms with Gasteiger partial charge >= 0.3 is 5.97 Å². The van der Waals surface area contributed by atoms with E-state index in [4.69, 9.17) is 0 Å². The summed E-state index contributed by atoms with van der Waals surface area (Å²) in [7, 11) is 1.74. The van der Waals surface area contributed by atoms with Crippen molar-refractivity contribution in [3.8, 4) is 0 Å². The Morgan fingerprint density at radius 2 is 2.05 bits per heavy atom. The van der Waals surface area contributed by atoms with Crippen LogP contribution in [0.1, 0.15) is 37.0 Å². The Balaban J connectivity index is 2.45.